The first-order valence-electron chi connectivity index (χ1n) is 44.1. The van der Waals surface area contributed by atoms with E-state index >= 15 is 26.3 Å². The smallest absolute Gasteiger partial charge is 0.408 e. The summed E-state index contributed by atoms with van der Waals surface area (Å²) in [7, 11) is 0. The van der Waals surface area contributed by atoms with Gasteiger partial charge in [-0.1, -0.05) is 133 Å². The molecule has 3 radical (unpaired) electrons. The number of amides is 6. The van der Waals surface area contributed by atoms with Crippen molar-refractivity contribution in [2.45, 2.75) is 296 Å². The fourth-order valence-electron chi connectivity index (χ4n) is 18.8. The summed E-state index contributed by atoms with van der Waals surface area (Å²) in [6, 6.07) is 8.78. The SMILES string of the molecule is CC[C@@H]1[C@@H]2CN(C(=O)[C@H](C(C)(C)C)NC(=O)O[C@@H]3C[C@H]3CCCCC(F)(F)c3cc4ccc(F)cc4nc3O2)[C@@H]1[C-]=O.CC[C@@H]1[C@@H]2CN(C(=O)[C@H](C(C)(C)C)NC(=O)O[C@]3(C)C[C@H]3CCCCC(F)(F)c3cc4ccc(F)cc4nc3O2)[C@@H]1[C-]=O.C[C@@H]1[C@@H]2CN(C(=O)[C@H](C(C)(C)C)NC(=O)O[C@]3(C)C[C@H]3CCCCC(F)(F)c3cc4ccc(F)cc4nc3O2)[C@@H]1[C-]=O.[V].[V].[V]. The minimum Gasteiger partial charge on any atom is -0.540 e. The number of fused-ring (bicyclic) bond motifs is 15. The van der Waals surface area contributed by atoms with Crippen molar-refractivity contribution in [3.05, 3.63) is 107 Å². The normalized spacial score (nSPS) is 30.5. The number of hydrogen-bond acceptors (Lipinski definition) is 18. The molecule has 15 rings (SSSR count). The average Bonchev–Trinajstić information content (AvgIpc) is 1.52. The number of carbonyl (C=O) groups excluding carboxylic acids is 9. The zero-order valence-corrected chi connectivity index (χ0v) is 79.5. The zero-order chi connectivity index (χ0) is 92.3. The van der Waals surface area contributed by atoms with Crippen LogP contribution in [0.15, 0.2) is 72.8 Å². The van der Waals surface area contributed by atoms with Crippen molar-refractivity contribution < 1.29 is 167 Å². The Morgan fingerprint density at radius 2 is 0.746 bits per heavy atom. The summed E-state index contributed by atoms with van der Waals surface area (Å²) in [5, 5.41) is 9.19. The molecule has 6 fully saturated rings. The molecule has 0 unspecified atom stereocenters. The summed E-state index contributed by atoms with van der Waals surface area (Å²) in [5.41, 5.74) is -4.55. The Balaban J connectivity index is 0.000000200. The fourth-order valence-corrected chi connectivity index (χ4v) is 18.8. The van der Waals surface area contributed by atoms with Crippen LogP contribution >= 0.6 is 0 Å². The summed E-state index contributed by atoms with van der Waals surface area (Å²) in [5.74, 6) is -16.0. The molecule has 24 nitrogen and oxygen atoms in total. The molecule has 705 valence electrons. The van der Waals surface area contributed by atoms with E-state index in [4.69, 9.17) is 28.4 Å². The molecule has 3 aromatic heterocycles. The van der Waals surface area contributed by atoms with Gasteiger partial charge in [-0.3, -0.25) is 14.4 Å². The van der Waals surface area contributed by atoms with Crippen LogP contribution in [0.4, 0.5) is 53.9 Å². The second-order valence-corrected chi connectivity index (χ2v) is 39.5. The largest absolute Gasteiger partial charge is 0.540 e. The fraction of sp³-hybridized carbons (Fsp3) is 0.617. The van der Waals surface area contributed by atoms with Crippen LogP contribution in [-0.2, 0) is 116 Å². The molecule has 3 saturated heterocycles. The number of rotatable bonds is 5. The van der Waals surface area contributed by atoms with E-state index in [1.807, 2.05) is 18.9 Å². The third kappa shape index (κ3) is 23.0. The van der Waals surface area contributed by atoms with E-state index in [1.165, 1.54) is 69.3 Å². The number of nitrogens with zero attached hydrogens (tertiary/aromatic N) is 6. The minimum absolute atomic E-state index is 0. The van der Waals surface area contributed by atoms with Gasteiger partial charge in [-0.15, -0.1) is 0 Å². The molecule has 3 N–H and O–H groups in total. The third-order valence-corrected chi connectivity index (χ3v) is 26.9. The number of ether oxygens (including phenoxy) is 6. The molecule has 6 bridgehead atoms. The van der Waals surface area contributed by atoms with Gasteiger partial charge in [0, 0.05) is 121 Å². The number of carbonyl (C=O) groups is 6. The Labute approximate surface area is 786 Å². The van der Waals surface area contributed by atoms with Crippen molar-refractivity contribution >= 4 is 87.6 Å². The number of alkyl halides is 6. The van der Waals surface area contributed by atoms with E-state index in [9.17, 15) is 56.3 Å². The van der Waals surface area contributed by atoms with Gasteiger partial charge >= 0.3 is 18.3 Å². The van der Waals surface area contributed by atoms with Gasteiger partial charge in [0.15, 0.2) is 0 Å². The van der Waals surface area contributed by atoms with Gasteiger partial charge in [-0.05, 0) is 166 Å². The Morgan fingerprint density at radius 3 is 1.08 bits per heavy atom. The third-order valence-electron chi connectivity index (χ3n) is 26.9. The molecule has 3 saturated carbocycles. The molecule has 130 heavy (non-hydrogen) atoms. The zero-order valence-electron chi connectivity index (χ0n) is 75.4. The van der Waals surface area contributed by atoms with E-state index in [0.717, 1.165) is 18.2 Å². The molecular formula is C94H113F9N9O15V3-3. The summed E-state index contributed by atoms with van der Waals surface area (Å²) < 4.78 is 173. The molecular weight excluding hydrogens is 1820 g/mol. The second-order valence-electron chi connectivity index (χ2n) is 39.5. The summed E-state index contributed by atoms with van der Waals surface area (Å²) in [4.78, 5) is 134. The van der Waals surface area contributed by atoms with Crippen molar-refractivity contribution in [2.75, 3.05) is 19.6 Å². The maximum absolute atomic E-state index is 15.9. The predicted octanol–water partition coefficient (Wildman–Crippen LogP) is 17.4. The molecule has 6 aromatic rings. The molecule has 6 aliphatic heterocycles. The molecule has 6 amide bonds. The van der Waals surface area contributed by atoms with E-state index in [0.29, 0.717) is 86.8 Å². The first kappa shape index (κ1) is 104. The Morgan fingerprint density at radius 1 is 0.431 bits per heavy atom. The van der Waals surface area contributed by atoms with Crippen molar-refractivity contribution in [2.24, 2.45) is 51.8 Å². The van der Waals surface area contributed by atoms with Gasteiger partial charge in [0.05, 0.1) is 52.9 Å². The Hall–Kier alpha value is -8.36. The van der Waals surface area contributed by atoms with Crippen LogP contribution in [0.3, 0.4) is 0 Å². The van der Waals surface area contributed by atoms with E-state index in [-0.39, 0.29) is 153 Å². The van der Waals surface area contributed by atoms with E-state index < -0.39 is 207 Å². The average molecular weight is 1930 g/mol. The van der Waals surface area contributed by atoms with Crippen LogP contribution in [0.2, 0.25) is 0 Å². The van der Waals surface area contributed by atoms with Crippen LogP contribution in [-0.4, -0.2) is 176 Å². The number of hydrogen-bond donors (Lipinski definition) is 3. The second kappa shape index (κ2) is 40.4. The van der Waals surface area contributed by atoms with E-state index in [1.54, 1.807) is 96.9 Å². The summed E-state index contributed by atoms with van der Waals surface area (Å²) in [6.07, 6.45) is 5.76. The van der Waals surface area contributed by atoms with Crippen LogP contribution in [0, 0.1) is 69.2 Å². The van der Waals surface area contributed by atoms with Gasteiger partial charge in [0.1, 0.15) is 71.2 Å². The number of pyridine rings is 3. The molecule has 36 heteroatoms. The Kier molecular flexibility index (Phi) is 32.3. The number of alkyl carbamates (subject to hydrolysis) is 3. The quantitative estimate of drug-likeness (QED) is 0.0821. The van der Waals surface area contributed by atoms with Gasteiger partial charge in [0.25, 0.3) is 17.8 Å². The van der Waals surface area contributed by atoms with Crippen LogP contribution in [0.5, 0.6) is 17.6 Å². The predicted molar refractivity (Wildman–Crippen MR) is 449 cm³/mol. The first-order valence-corrected chi connectivity index (χ1v) is 44.1. The molecule has 9 heterocycles. The summed E-state index contributed by atoms with van der Waals surface area (Å²) >= 11 is 0. The molecule has 0 spiro atoms. The van der Waals surface area contributed by atoms with Crippen molar-refractivity contribution in [3.63, 3.8) is 0 Å². The van der Waals surface area contributed by atoms with Crippen molar-refractivity contribution in [1.82, 2.24) is 45.6 Å². The van der Waals surface area contributed by atoms with Crippen molar-refractivity contribution in [1.29, 1.82) is 0 Å². The number of aromatic nitrogens is 3. The molecule has 3 aromatic carbocycles. The van der Waals surface area contributed by atoms with Gasteiger partial charge in [0.2, 0.25) is 35.4 Å². The van der Waals surface area contributed by atoms with Gasteiger partial charge < -0.3 is 73.5 Å². The number of nitrogens with one attached hydrogen (secondary N) is 3. The summed E-state index contributed by atoms with van der Waals surface area (Å²) in [6.45, 7) is 24.6. The first-order chi connectivity index (χ1) is 59.6. The van der Waals surface area contributed by atoms with E-state index in [2.05, 4.69) is 30.9 Å². The van der Waals surface area contributed by atoms with Gasteiger partial charge in [-0.25, -0.2) is 87.7 Å². The van der Waals surface area contributed by atoms with Crippen molar-refractivity contribution in [3.8, 4) is 17.6 Å². The maximum atomic E-state index is 15.9. The molecule has 3 aliphatic carbocycles. The Bertz CT molecular complexity index is 5180. The molecule has 18 atom stereocenters. The van der Waals surface area contributed by atoms with Crippen LogP contribution < -0.4 is 30.2 Å². The van der Waals surface area contributed by atoms with Gasteiger partial charge in [-0.2, -0.15) is 0 Å². The number of benzene rings is 3. The number of halogens is 9. The standard InChI is InChI=1S/C32H39F3N3O5.2C31H37F3N3O5.3V/c1-6-21-24(17-39)38-16-25(21)42-27-22(13-18-10-11-20(33)14-23(18)36-27)32(34,35)12-8-7-9-19-15-31(19,5)43-29(41)37-26(28(38)40)30(2,3)4;1-17-23(16-38)37-15-24(17)41-26-21(12-18-9-10-20(32)13-22(18)35-26)31(33,34)11-7-6-8-19-14-30(19,5)42-28(40)36-25(27(37)39)29(2,3)4;1-5-20-23(16-38)37-15-25(20)41-27-21(12-17-9-10-19(32)14-22(17)35-27)31(33,34)11-7-6-8-18-13-24(18)42-29(40)36-26(28(37)39)30(2,3)4;;;/h10-11,13-14,19,21,24-26H,6-9,12,15-16H2,1-5H3,(H,37,41);9-10,12-13,17,19,23-25H,6-8,11,14-15H2,1-5H3,(H,36,40);9-10,12,14,18,20,23-26H,5-8,11,13,15H2,1-4H3,(H,36,40);;;/q3*-1;;;/t19-,21+,24-,25+,26-,31-;17-,19+,23+,24-,25+,30+;18-,20+,23-,24-,25+,26-;;;/m101.../s1. The van der Waals surface area contributed by atoms with Crippen LogP contribution in [0.1, 0.15) is 223 Å². The topological polar surface area (TPSA) is 293 Å². The minimum atomic E-state index is -3.32. The monoisotopic (exact) mass is 1930 g/mol. The maximum Gasteiger partial charge on any atom is 0.408 e. The molecule has 9 aliphatic rings. The van der Waals surface area contributed by atoms with Crippen LogP contribution in [0.25, 0.3) is 32.7 Å².